The normalized spacial score (nSPS) is 10.3. The van der Waals surface area contributed by atoms with E-state index in [4.69, 9.17) is 11.6 Å². The lowest BCUT2D eigenvalue weighted by molar-refractivity contribution is 1.26. The van der Waals surface area contributed by atoms with Gasteiger partial charge >= 0.3 is 0 Å². The van der Waals surface area contributed by atoms with Crippen LogP contribution in [0.5, 0.6) is 0 Å². The predicted molar refractivity (Wildman–Crippen MR) is 67.3 cm³/mol. The SMILES string of the molecule is Clc1ncc(-c2ccccc2)cc1CBr. The lowest BCUT2D eigenvalue weighted by Gasteiger charge is -2.04. The van der Waals surface area contributed by atoms with E-state index >= 15 is 0 Å². The van der Waals surface area contributed by atoms with Gasteiger partial charge in [-0.1, -0.05) is 57.9 Å². The van der Waals surface area contributed by atoms with Crippen LogP contribution >= 0.6 is 27.5 Å². The minimum Gasteiger partial charge on any atom is -0.244 e. The molecular weight excluding hydrogens is 273 g/mol. The summed E-state index contributed by atoms with van der Waals surface area (Å²) >= 11 is 9.33. The molecule has 1 heterocycles. The molecule has 15 heavy (non-hydrogen) atoms. The maximum atomic E-state index is 5.94. The number of hydrogen-bond donors (Lipinski definition) is 0. The molecule has 0 radical (unpaired) electrons. The van der Waals surface area contributed by atoms with Gasteiger partial charge in [0.05, 0.1) is 0 Å². The highest BCUT2D eigenvalue weighted by molar-refractivity contribution is 9.08. The van der Waals surface area contributed by atoms with Gasteiger partial charge in [0.2, 0.25) is 0 Å². The van der Waals surface area contributed by atoms with Crippen LogP contribution in [0.15, 0.2) is 42.6 Å². The van der Waals surface area contributed by atoms with Crippen molar-refractivity contribution in [3.05, 3.63) is 53.3 Å². The summed E-state index contributed by atoms with van der Waals surface area (Å²) in [7, 11) is 0. The molecule has 1 aromatic carbocycles. The van der Waals surface area contributed by atoms with Gasteiger partial charge < -0.3 is 0 Å². The summed E-state index contributed by atoms with van der Waals surface area (Å²) in [6.45, 7) is 0. The van der Waals surface area contributed by atoms with E-state index < -0.39 is 0 Å². The van der Waals surface area contributed by atoms with Crippen molar-refractivity contribution >= 4 is 27.5 Å². The molecular formula is C12H9BrClN. The number of nitrogens with zero attached hydrogens (tertiary/aromatic N) is 1. The van der Waals surface area contributed by atoms with Crippen molar-refractivity contribution in [1.82, 2.24) is 4.98 Å². The minimum atomic E-state index is 0.562. The molecule has 0 saturated carbocycles. The van der Waals surface area contributed by atoms with E-state index in [0.29, 0.717) is 5.15 Å². The molecule has 0 unspecified atom stereocenters. The Kier molecular flexibility index (Phi) is 3.39. The Morgan fingerprint density at radius 2 is 1.87 bits per heavy atom. The monoisotopic (exact) mass is 281 g/mol. The van der Waals surface area contributed by atoms with Gasteiger partial charge in [0.25, 0.3) is 0 Å². The van der Waals surface area contributed by atoms with Gasteiger partial charge in [-0.25, -0.2) is 4.98 Å². The molecule has 0 amide bonds. The van der Waals surface area contributed by atoms with Crippen LogP contribution in [-0.4, -0.2) is 4.98 Å². The van der Waals surface area contributed by atoms with Gasteiger partial charge in [-0.15, -0.1) is 0 Å². The van der Waals surface area contributed by atoms with Crippen molar-refractivity contribution in [3.63, 3.8) is 0 Å². The number of pyridine rings is 1. The molecule has 0 spiro atoms. The van der Waals surface area contributed by atoms with Crippen molar-refractivity contribution in [2.24, 2.45) is 0 Å². The van der Waals surface area contributed by atoms with E-state index in [1.165, 1.54) is 0 Å². The fraction of sp³-hybridized carbons (Fsp3) is 0.0833. The zero-order valence-electron chi connectivity index (χ0n) is 7.95. The Hall–Kier alpha value is -0.860. The number of aromatic nitrogens is 1. The smallest absolute Gasteiger partial charge is 0.133 e. The number of alkyl halides is 1. The van der Waals surface area contributed by atoms with Crippen LogP contribution in [0.1, 0.15) is 5.56 Å². The molecule has 2 aromatic rings. The molecule has 0 saturated heterocycles. The molecule has 0 fully saturated rings. The third kappa shape index (κ3) is 2.39. The van der Waals surface area contributed by atoms with Gasteiger partial charge in [0, 0.05) is 22.7 Å². The second kappa shape index (κ2) is 4.77. The third-order valence-electron chi connectivity index (χ3n) is 2.16. The summed E-state index contributed by atoms with van der Waals surface area (Å²) in [5.41, 5.74) is 3.26. The van der Waals surface area contributed by atoms with Crippen LogP contribution in [0.3, 0.4) is 0 Å². The quantitative estimate of drug-likeness (QED) is 0.591. The Morgan fingerprint density at radius 3 is 2.53 bits per heavy atom. The fourth-order valence-corrected chi connectivity index (χ4v) is 2.13. The van der Waals surface area contributed by atoms with Gasteiger partial charge in [-0.2, -0.15) is 0 Å². The molecule has 3 heteroatoms. The topological polar surface area (TPSA) is 12.9 Å². The van der Waals surface area contributed by atoms with Crippen molar-refractivity contribution < 1.29 is 0 Å². The molecule has 0 aliphatic heterocycles. The number of halogens is 2. The second-order valence-electron chi connectivity index (χ2n) is 3.17. The second-order valence-corrected chi connectivity index (χ2v) is 4.09. The van der Waals surface area contributed by atoms with Crippen molar-refractivity contribution in [1.29, 1.82) is 0 Å². The fourth-order valence-electron chi connectivity index (χ4n) is 1.38. The first-order chi connectivity index (χ1) is 7.31. The highest BCUT2D eigenvalue weighted by Gasteiger charge is 2.03. The molecule has 0 atom stereocenters. The van der Waals surface area contributed by atoms with Crippen LogP contribution in [0.2, 0.25) is 5.15 Å². The van der Waals surface area contributed by atoms with E-state index in [9.17, 15) is 0 Å². The van der Waals surface area contributed by atoms with E-state index in [1.54, 1.807) is 6.20 Å². The number of hydrogen-bond acceptors (Lipinski definition) is 1. The summed E-state index contributed by atoms with van der Waals surface area (Å²) < 4.78 is 0. The lowest BCUT2D eigenvalue weighted by Crippen LogP contribution is -1.87. The first-order valence-corrected chi connectivity index (χ1v) is 6.07. The van der Waals surface area contributed by atoms with Crippen LogP contribution in [0, 0.1) is 0 Å². The molecule has 0 aliphatic rings. The predicted octanol–water partition coefficient (Wildman–Crippen LogP) is 4.30. The van der Waals surface area contributed by atoms with Gasteiger partial charge in [-0.3, -0.25) is 0 Å². The highest BCUT2D eigenvalue weighted by atomic mass is 79.9. The van der Waals surface area contributed by atoms with E-state index in [2.05, 4.69) is 39.1 Å². The van der Waals surface area contributed by atoms with Gasteiger partial charge in [0.15, 0.2) is 0 Å². The first-order valence-electron chi connectivity index (χ1n) is 4.57. The van der Waals surface area contributed by atoms with E-state index in [-0.39, 0.29) is 0 Å². The van der Waals surface area contributed by atoms with E-state index in [1.807, 2.05) is 18.2 Å². The maximum absolute atomic E-state index is 5.94. The molecule has 2 rings (SSSR count). The largest absolute Gasteiger partial charge is 0.244 e. The zero-order valence-corrected chi connectivity index (χ0v) is 10.3. The number of rotatable bonds is 2. The Morgan fingerprint density at radius 1 is 1.13 bits per heavy atom. The number of benzene rings is 1. The van der Waals surface area contributed by atoms with Crippen LogP contribution < -0.4 is 0 Å². The van der Waals surface area contributed by atoms with Crippen LogP contribution in [0.4, 0.5) is 0 Å². The average Bonchev–Trinajstić information content (AvgIpc) is 2.31. The zero-order chi connectivity index (χ0) is 10.7. The van der Waals surface area contributed by atoms with E-state index in [0.717, 1.165) is 22.0 Å². The minimum absolute atomic E-state index is 0.562. The Bertz CT molecular complexity index is 456. The average molecular weight is 283 g/mol. The Labute approximate surface area is 102 Å². The lowest BCUT2D eigenvalue weighted by atomic mass is 10.1. The molecule has 0 N–H and O–H groups in total. The molecule has 0 aliphatic carbocycles. The van der Waals surface area contributed by atoms with Gasteiger partial charge in [-0.05, 0) is 11.6 Å². The van der Waals surface area contributed by atoms with Crippen LogP contribution in [0.25, 0.3) is 11.1 Å². The highest BCUT2D eigenvalue weighted by Crippen LogP contribution is 2.24. The van der Waals surface area contributed by atoms with Gasteiger partial charge in [0.1, 0.15) is 5.15 Å². The molecule has 0 bridgehead atoms. The molecule has 1 aromatic heterocycles. The van der Waals surface area contributed by atoms with Crippen LogP contribution in [-0.2, 0) is 5.33 Å². The molecule has 76 valence electrons. The third-order valence-corrected chi connectivity index (χ3v) is 3.11. The van der Waals surface area contributed by atoms with Crippen molar-refractivity contribution in [3.8, 4) is 11.1 Å². The summed E-state index contributed by atoms with van der Waals surface area (Å²) in [5, 5.41) is 1.28. The summed E-state index contributed by atoms with van der Waals surface area (Å²) in [6.07, 6.45) is 1.80. The molecule has 1 nitrogen and oxygen atoms in total. The maximum Gasteiger partial charge on any atom is 0.133 e. The standard InChI is InChI=1S/C12H9BrClN/c13-7-10-6-11(8-15-12(10)14)9-4-2-1-3-5-9/h1-6,8H,7H2. The summed E-state index contributed by atoms with van der Waals surface area (Å²) in [5.74, 6) is 0. The Balaban J connectivity index is 2.46. The summed E-state index contributed by atoms with van der Waals surface area (Å²) in [6, 6.07) is 12.2. The van der Waals surface area contributed by atoms with Crippen molar-refractivity contribution in [2.45, 2.75) is 5.33 Å². The first kappa shape index (κ1) is 10.7. The summed E-state index contributed by atoms with van der Waals surface area (Å²) in [4.78, 5) is 4.16. The van der Waals surface area contributed by atoms with Crippen molar-refractivity contribution in [2.75, 3.05) is 0 Å².